The molecule has 0 aliphatic rings. The number of halogens is 1. The van der Waals surface area contributed by atoms with Crippen molar-refractivity contribution in [1.82, 2.24) is 4.31 Å². The molecule has 0 aliphatic carbocycles. The van der Waals surface area contributed by atoms with Gasteiger partial charge in [0.1, 0.15) is 4.90 Å². The Hall–Kier alpha value is -2.30. The van der Waals surface area contributed by atoms with Crippen LogP contribution in [0, 0.1) is 10.1 Å². The fraction of sp³-hybridized carbons (Fsp3) is 0.235. The topological polar surface area (TPSA) is 105 Å². The molecule has 0 amide bonds. The van der Waals surface area contributed by atoms with E-state index in [-0.39, 0.29) is 29.4 Å². The molecule has 0 saturated carbocycles. The first-order chi connectivity index (χ1) is 12.8. The van der Waals surface area contributed by atoms with Crippen LogP contribution in [0.3, 0.4) is 0 Å². The highest BCUT2D eigenvalue weighted by molar-refractivity contribution is 9.10. The number of benzene rings is 2. The minimum Gasteiger partial charge on any atom is -0.277 e. The minimum atomic E-state index is -3.91. The Morgan fingerprint density at radius 1 is 1.22 bits per heavy atom. The molecular weight excluding hydrogens is 436 g/mol. The molecule has 2 aromatic rings. The molecule has 144 valence electrons. The number of non-ortho nitro benzene ring substituents is 1. The highest BCUT2D eigenvalue weighted by atomic mass is 79.9. The first-order valence-corrected chi connectivity index (χ1v) is 10.4. The Balaban J connectivity index is 2.44. The molecule has 0 unspecified atom stereocenters. The van der Waals surface area contributed by atoms with E-state index in [9.17, 15) is 18.5 Å². The number of nitrogens with one attached hydrogen (secondary N) is 1. The summed E-state index contributed by atoms with van der Waals surface area (Å²) in [7, 11) is -3.91. The number of anilines is 1. The smallest absolute Gasteiger partial charge is 0.270 e. The predicted molar refractivity (Wildman–Crippen MR) is 109 cm³/mol. The summed E-state index contributed by atoms with van der Waals surface area (Å²) in [6, 6.07) is 11.0. The second-order valence-corrected chi connectivity index (χ2v) is 8.18. The van der Waals surface area contributed by atoms with E-state index in [0.29, 0.717) is 0 Å². The molecule has 27 heavy (non-hydrogen) atoms. The van der Waals surface area contributed by atoms with Gasteiger partial charge in [-0.3, -0.25) is 15.5 Å². The summed E-state index contributed by atoms with van der Waals surface area (Å²) in [5.41, 5.74) is 3.33. The maximum Gasteiger partial charge on any atom is 0.270 e. The maximum absolute atomic E-state index is 12.9. The number of nitro groups is 1. The molecular formula is C17H19BrN4O4S. The number of nitrogens with zero attached hydrogens (tertiary/aromatic N) is 3. The van der Waals surface area contributed by atoms with Crippen molar-refractivity contribution in [2.45, 2.75) is 18.7 Å². The van der Waals surface area contributed by atoms with E-state index < -0.39 is 14.9 Å². The summed E-state index contributed by atoms with van der Waals surface area (Å²) >= 11 is 3.40. The molecule has 0 bridgehead atoms. The van der Waals surface area contributed by atoms with E-state index in [1.165, 1.54) is 22.7 Å². The highest BCUT2D eigenvalue weighted by Gasteiger charge is 2.27. The summed E-state index contributed by atoms with van der Waals surface area (Å²) < 4.78 is 27.8. The van der Waals surface area contributed by atoms with Crippen LogP contribution in [0.2, 0.25) is 0 Å². The second-order valence-electron chi connectivity index (χ2n) is 5.42. The lowest BCUT2D eigenvalue weighted by Gasteiger charge is -2.20. The summed E-state index contributed by atoms with van der Waals surface area (Å²) in [6.45, 7) is 3.91. The molecule has 1 N–H and O–H groups in total. The number of rotatable bonds is 8. The Kier molecular flexibility index (Phi) is 7.05. The summed E-state index contributed by atoms with van der Waals surface area (Å²) in [4.78, 5) is 10.3. The number of hydrazone groups is 1. The van der Waals surface area contributed by atoms with E-state index >= 15 is 0 Å². The molecule has 10 heteroatoms. The number of hydrogen-bond acceptors (Lipinski definition) is 6. The van der Waals surface area contributed by atoms with Gasteiger partial charge in [-0.05, 0) is 12.1 Å². The Labute approximate surface area is 166 Å². The zero-order valence-electron chi connectivity index (χ0n) is 14.8. The summed E-state index contributed by atoms with van der Waals surface area (Å²) in [5.74, 6) is 0. The van der Waals surface area contributed by atoms with Gasteiger partial charge in [0.2, 0.25) is 10.0 Å². The number of sulfonamides is 1. The van der Waals surface area contributed by atoms with Crippen LogP contribution in [0.1, 0.15) is 19.4 Å². The van der Waals surface area contributed by atoms with Crippen LogP contribution in [0.15, 0.2) is 56.9 Å². The van der Waals surface area contributed by atoms with E-state index in [2.05, 4.69) is 26.5 Å². The van der Waals surface area contributed by atoms with Crippen molar-refractivity contribution in [3.8, 4) is 0 Å². The number of nitro benzene ring substituents is 1. The normalized spacial score (nSPS) is 11.9. The zero-order valence-corrected chi connectivity index (χ0v) is 17.2. The molecule has 0 heterocycles. The van der Waals surface area contributed by atoms with Crippen LogP contribution in [0.5, 0.6) is 0 Å². The number of hydrogen-bond donors (Lipinski definition) is 1. The minimum absolute atomic E-state index is 0.163. The third kappa shape index (κ3) is 4.90. The molecule has 0 aliphatic heterocycles. The Morgan fingerprint density at radius 3 is 2.48 bits per heavy atom. The van der Waals surface area contributed by atoms with Crippen molar-refractivity contribution in [3.63, 3.8) is 0 Å². The van der Waals surface area contributed by atoms with E-state index in [1.807, 2.05) is 24.3 Å². The van der Waals surface area contributed by atoms with Crippen molar-refractivity contribution in [3.05, 3.63) is 62.6 Å². The lowest BCUT2D eigenvalue weighted by molar-refractivity contribution is -0.385. The first-order valence-electron chi connectivity index (χ1n) is 8.13. The largest absolute Gasteiger partial charge is 0.277 e. The van der Waals surface area contributed by atoms with E-state index in [0.717, 1.165) is 16.1 Å². The quantitative estimate of drug-likeness (QED) is 0.370. The van der Waals surface area contributed by atoms with Crippen molar-refractivity contribution < 1.29 is 13.3 Å². The summed E-state index contributed by atoms with van der Waals surface area (Å²) in [6.07, 6.45) is 1.53. The highest BCUT2D eigenvalue weighted by Crippen LogP contribution is 2.29. The molecule has 2 aromatic carbocycles. The van der Waals surface area contributed by atoms with Gasteiger partial charge in [0.25, 0.3) is 5.69 Å². The van der Waals surface area contributed by atoms with Crippen molar-refractivity contribution >= 4 is 43.5 Å². The standard InChI is InChI=1S/C17H19BrN4O4S/c1-3-21(4-2)27(25,26)17-11-14(22(23)24)9-10-16(17)20-19-12-13-7-5-6-8-15(13)18/h5-12,20H,3-4H2,1-2H3/b19-12-. The van der Waals surface area contributed by atoms with Gasteiger partial charge in [0.15, 0.2) is 0 Å². The SMILES string of the molecule is CCN(CC)S(=O)(=O)c1cc([N+](=O)[O-])ccc1N/N=C\c1ccccc1Br. The Bertz CT molecular complexity index is 959. The molecule has 0 radical (unpaired) electrons. The van der Waals surface area contributed by atoms with Gasteiger partial charge in [-0.25, -0.2) is 8.42 Å². The third-order valence-electron chi connectivity index (χ3n) is 3.79. The molecule has 0 fully saturated rings. The van der Waals surface area contributed by atoms with E-state index in [1.54, 1.807) is 13.8 Å². The van der Waals surface area contributed by atoms with Crippen molar-refractivity contribution in [2.24, 2.45) is 5.10 Å². The van der Waals surface area contributed by atoms with Gasteiger partial charge < -0.3 is 0 Å². The molecule has 0 spiro atoms. The molecule has 8 nitrogen and oxygen atoms in total. The van der Waals surface area contributed by atoms with Crippen molar-refractivity contribution in [1.29, 1.82) is 0 Å². The maximum atomic E-state index is 12.9. The monoisotopic (exact) mass is 454 g/mol. The van der Waals surface area contributed by atoms with Crippen LogP contribution in [0.25, 0.3) is 0 Å². The van der Waals surface area contributed by atoms with Crippen LogP contribution >= 0.6 is 15.9 Å². The van der Waals surface area contributed by atoms with Crippen LogP contribution < -0.4 is 5.43 Å². The van der Waals surface area contributed by atoms with Crippen LogP contribution in [-0.4, -0.2) is 37.0 Å². The molecule has 0 saturated heterocycles. The molecule has 0 aromatic heterocycles. The van der Waals surface area contributed by atoms with Gasteiger partial charge in [-0.15, -0.1) is 0 Å². The molecule has 2 rings (SSSR count). The fourth-order valence-electron chi connectivity index (χ4n) is 2.38. The first kappa shape index (κ1) is 21.0. The average molecular weight is 455 g/mol. The van der Waals surface area contributed by atoms with Gasteiger partial charge in [-0.2, -0.15) is 9.41 Å². The molecule has 0 atom stereocenters. The third-order valence-corrected chi connectivity index (χ3v) is 6.61. The van der Waals surface area contributed by atoms with Gasteiger partial charge in [0.05, 0.1) is 16.8 Å². The van der Waals surface area contributed by atoms with E-state index in [4.69, 9.17) is 0 Å². The second kappa shape index (κ2) is 9.07. The van der Waals surface area contributed by atoms with Crippen LogP contribution in [0.4, 0.5) is 11.4 Å². The summed E-state index contributed by atoms with van der Waals surface area (Å²) in [5, 5.41) is 15.2. The van der Waals surface area contributed by atoms with Crippen molar-refractivity contribution in [2.75, 3.05) is 18.5 Å². The lowest BCUT2D eigenvalue weighted by atomic mass is 10.2. The Morgan fingerprint density at radius 2 is 1.89 bits per heavy atom. The zero-order chi connectivity index (χ0) is 20.0. The van der Waals surface area contributed by atoms with Crippen LogP contribution in [-0.2, 0) is 10.0 Å². The predicted octanol–water partition coefficient (Wildman–Crippen LogP) is 3.83. The van der Waals surface area contributed by atoms with Gasteiger partial charge >= 0.3 is 0 Å². The average Bonchev–Trinajstić information content (AvgIpc) is 2.64. The van der Waals surface area contributed by atoms with Gasteiger partial charge in [-0.1, -0.05) is 48.0 Å². The van der Waals surface area contributed by atoms with Gasteiger partial charge in [0, 0.05) is 35.3 Å². The lowest BCUT2D eigenvalue weighted by Crippen LogP contribution is -2.31. The fourth-order valence-corrected chi connectivity index (χ4v) is 4.39.